The molecule has 0 aliphatic heterocycles. The van der Waals surface area contributed by atoms with Crippen molar-refractivity contribution in [3.8, 4) is 0 Å². The van der Waals surface area contributed by atoms with Crippen LogP contribution in [0.15, 0.2) is 5.16 Å². The van der Waals surface area contributed by atoms with Crippen molar-refractivity contribution in [1.82, 2.24) is 14.8 Å². The summed E-state index contributed by atoms with van der Waals surface area (Å²) in [5, 5.41) is 17.6. The molecule has 0 fully saturated rings. The molecule has 6 nitrogen and oxygen atoms in total. The lowest BCUT2D eigenvalue weighted by molar-refractivity contribution is -0.133. The van der Waals surface area contributed by atoms with Gasteiger partial charge in [-0.1, -0.05) is 25.6 Å². The third-order valence-electron chi connectivity index (χ3n) is 2.48. The largest absolute Gasteiger partial charge is 0.481 e. The molecule has 0 aromatic carbocycles. The quantitative estimate of drug-likeness (QED) is 0.737. The van der Waals surface area contributed by atoms with E-state index in [-0.39, 0.29) is 17.8 Å². The molecule has 0 amide bonds. The van der Waals surface area contributed by atoms with Crippen molar-refractivity contribution < 1.29 is 14.6 Å². The minimum Gasteiger partial charge on any atom is -0.481 e. The lowest BCUT2D eigenvalue weighted by Gasteiger charge is -2.16. The molecular formula is C12H21N3O3S. The lowest BCUT2D eigenvalue weighted by atomic mass is 10.2. The van der Waals surface area contributed by atoms with E-state index in [4.69, 9.17) is 9.84 Å². The van der Waals surface area contributed by atoms with Crippen LogP contribution in [-0.2, 0) is 16.1 Å². The topological polar surface area (TPSA) is 77.2 Å². The molecule has 19 heavy (non-hydrogen) atoms. The standard InChI is InChI=1S/C12H21N3O3S/c1-5-18-9(4)6-15-11(8(2)3)13-14-12(15)19-7-10(16)17/h8-9H,5-7H2,1-4H3,(H,16,17). The summed E-state index contributed by atoms with van der Waals surface area (Å²) in [6.45, 7) is 9.30. The molecular weight excluding hydrogens is 266 g/mol. The number of carboxylic acids is 1. The van der Waals surface area contributed by atoms with Gasteiger partial charge in [-0.05, 0) is 13.8 Å². The minimum absolute atomic E-state index is 0.0146. The molecule has 1 aromatic rings. The number of nitrogens with zero attached hydrogens (tertiary/aromatic N) is 3. The summed E-state index contributed by atoms with van der Waals surface area (Å²) >= 11 is 1.19. The molecule has 0 bridgehead atoms. The Morgan fingerprint density at radius 3 is 2.63 bits per heavy atom. The van der Waals surface area contributed by atoms with Crippen LogP contribution in [0.25, 0.3) is 0 Å². The summed E-state index contributed by atoms with van der Waals surface area (Å²) < 4.78 is 7.49. The van der Waals surface area contributed by atoms with Gasteiger partial charge in [0.15, 0.2) is 5.16 Å². The fourth-order valence-electron chi connectivity index (χ4n) is 1.73. The predicted octanol–water partition coefficient (Wildman–Crippen LogP) is 2.00. The van der Waals surface area contributed by atoms with Crippen molar-refractivity contribution in [3.63, 3.8) is 0 Å². The second-order valence-electron chi connectivity index (χ2n) is 4.55. The van der Waals surface area contributed by atoms with Crippen molar-refractivity contribution in [2.75, 3.05) is 12.4 Å². The third-order valence-corrected chi connectivity index (χ3v) is 3.43. The maximum atomic E-state index is 10.6. The zero-order valence-corrected chi connectivity index (χ0v) is 12.6. The van der Waals surface area contributed by atoms with Crippen molar-refractivity contribution >= 4 is 17.7 Å². The fourth-order valence-corrected chi connectivity index (χ4v) is 2.40. The molecule has 0 saturated heterocycles. The third kappa shape index (κ3) is 4.83. The SMILES string of the molecule is CCOC(C)Cn1c(SCC(=O)O)nnc1C(C)C. The number of thioether (sulfide) groups is 1. The number of aliphatic carboxylic acids is 1. The van der Waals surface area contributed by atoms with Gasteiger partial charge < -0.3 is 14.4 Å². The van der Waals surface area contributed by atoms with Gasteiger partial charge in [-0.25, -0.2) is 0 Å². The van der Waals surface area contributed by atoms with Gasteiger partial charge in [0.2, 0.25) is 0 Å². The first-order chi connectivity index (χ1) is 8.95. The Labute approximate surface area is 117 Å². The van der Waals surface area contributed by atoms with Gasteiger partial charge in [0, 0.05) is 12.5 Å². The number of carbonyl (C=O) groups is 1. The highest BCUT2D eigenvalue weighted by molar-refractivity contribution is 7.99. The van der Waals surface area contributed by atoms with Crippen molar-refractivity contribution in [1.29, 1.82) is 0 Å². The van der Waals surface area contributed by atoms with E-state index >= 15 is 0 Å². The Bertz CT molecular complexity index is 420. The Morgan fingerprint density at radius 1 is 1.42 bits per heavy atom. The first-order valence-corrected chi connectivity index (χ1v) is 7.33. The van der Waals surface area contributed by atoms with Crippen molar-refractivity contribution in [2.45, 2.75) is 51.4 Å². The second kappa shape index (κ2) is 7.49. The molecule has 0 aliphatic carbocycles. The van der Waals surface area contributed by atoms with Crippen LogP contribution in [0.2, 0.25) is 0 Å². The van der Waals surface area contributed by atoms with Gasteiger partial charge >= 0.3 is 5.97 Å². The summed E-state index contributed by atoms with van der Waals surface area (Å²) in [5.41, 5.74) is 0. The summed E-state index contributed by atoms with van der Waals surface area (Å²) in [7, 11) is 0. The zero-order chi connectivity index (χ0) is 14.4. The van der Waals surface area contributed by atoms with Crippen LogP contribution in [0, 0.1) is 0 Å². The molecule has 7 heteroatoms. The van der Waals surface area contributed by atoms with Crippen LogP contribution in [-0.4, -0.2) is 44.3 Å². The van der Waals surface area contributed by atoms with Gasteiger partial charge in [-0.2, -0.15) is 0 Å². The van der Waals surface area contributed by atoms with Crippen LogP contribution in [0.1, 0.15) is 39.4 Å². The molecule has 1 N–H and O–H groups in total. The van der Waals surface area contributed by atoms with E-state index in [1.54, 1.807) is 0 Å². The zero-order valence-electron chi connectivity index (χ0n) is 11.8. The maximum absolute atomic E-state index is 10.6. The van der Waals surface area contributed by atoms with Crippen LogP contribution in [0.3, 0.4) is 0 Å². The van der Waals surface area contributed by atoms with E-state index in [1.807, 2.05) is 32.3 Å². The van der Waals surface area contributed by atoms with E-state index in [1.165, 1.54) is 11.8 Å². The number of hydrogen-bond donors (Lipinski definition) is 1. The smallest absolute Gasteiger partial charge is 0.313 e. The highest BCUT2D eigenvalue weighted by Gasteiger charge is 2.18. The number of rotatable bonds is 8. The molecule has 1 aromatic heterocycles. The first kappa shape index (κ1) is 16.0. The molecule has 0 spiro atoms. The summed E-state index contributed by atoms with van der Waals surface area (Å²) in [4.78, 5) is 10.6. The number of hydrogen-bond acceptors (Lipinski definition) is 5. The molecule has 1 unspecified atom stereocenters. The monoisotopic (exact) mass is 287 g/mol. The fraction of sp³-hybridized carbons (Fsp3) is 0.750. The van der Waals surface area contributed by atoms with E-state index in [0.717, 1.165) is 5.82 Å². The van der Waals surface area contributed by atoms with Crippen LogP contribution in [0.4, 0.5) is 0 Å². The number of carboxylic acid groups (broad SMARTS) is 1. The van der Waals surface area contributed by atoms with Gasteiger partial charge in [0.25, 0.3) is 0 Å². The Hall–Kier alpha value is -1.08. The van der Waals surface area contributed by atoms with E-state index in [9.17, 15) is 4.79 Å². The predicted molar refractivity (Wildman–Crippen MR) is 73.6 cm³/mol. The average Bonchev–Trinajstić information content (AvgIpc) is 2.69. The lowest BCUT2D eigenvalue weighted by Crippen LogP contribution is -2.19. The molecule has 1 rings (SSSR count). The van der Waals surface area contributed by atoms with Gasteiger partial charge in [0.1, 0.15) is 5.82 Å². The molecule has 1 atom stereocenters. The van der Waals surface area contributed by atoms with Crippen LogP contribution in [0.5, 0.6) is 0 Å². The van der Waals surface area contributed by atoms with Crippen LogP contribution >= 0.6 is 11.8 Å². The Balaban J connectivity index is 2.88. The van der Waals surface area contributed by atoms with E-state index in [0.29, 0.717) is 18.3 Å². The maximum Gasteiger partial charge on any atom is 0.313 e. The molecule has 0 saturated carbocycles. The number of ether oxygens (including phenoxy) is 1. The van der Waals surface area contributed by atoms with Gasteiger partial charge in [-0.15, -0.1) is 10.2 Å². The normalized spacial score (nSPS) is 12.9. The first-order valence-electron chi connectivity index (χ1n) is 6.35. The van der Waals surface area contributed by atoms with Gasteiger partial charge in [0.05, 0.1) is 18.4 Å². The van der Waals surface area contributed by atoms with Gasteiger partial charge in [-0.3, -0.25) is 4.79 Å². The Morgan fingerprint density at radius 2 is 2.11 bits per heavy atom. The Kier molecular flexibility index (Phi) is 6.30. The number of aromatic nitrogens is 3. The molecule has 0 radical (unpaired) electrons. The second-order valence-corrected chi connectivity index (χ2v) is 5.50. The van der Waals surface area contributed by atoms with Crippen LogP contribution < -0.4 is 0 Å². The van der Waals surface area contributed by atoms with E-state index in [2.05, 4.69) is 10.2 Å². The highest BCUT2D eigenvalue weighted by Crippen LogP contribution is 2.22. The molecule has 0 aliphatic rings. The van der Waals surface area contributed by atoms with E-state index < -0.39 is 5.97 Å². The summed E-state index contributed by atoms with van der Waals surface area (Å²) in [6.07, 6.45) is 0.0441. The molecule has 108 valence electrons. The highest BCUT2D eigenvalue weighted by atomic mass is 32.2. The van der Waals surface area contributed by atoms with Crippen molar-refractivity contribution in [2.24, 2.45) is 0 Å². The summed E-state index contributed by atoms with van der Waals surface area (Å²) in [5.74, 6) is 0.225. The minimum atomic E-state index is -0.858. The van der Waals surface area contributed by atoms with Crippen molar-refractivity contribution in [3.05, 3.63) is 5.82 Å². The average molecular weight is 287 g/mol. The summed E-state index contributed by atoms with van der Waals surface area (Å²) in [6, 6.07) is 0. The molecule has 1 heterocycles.